The van der Waals surface area contributed by atoms with Gasteiger partial charge in [-0.25, -0.2) is 0 Å². The number of hydrogen-bond donors (Lipinski definition) is 0. The third-order valence-corrected chi connectivity index (χ3v) is 1.42. The lowest BCUT2D eigenvalue weighted by molar-refractivity contribution is 0.430. The van der Waals surface area contributed by atoms with Crippen molar-refractivity contribution in [3.8, 4) is 0 Å². The molecule has 1 heteroatoms. The summed E-state index contributed by atoms with van der Waals surface area (Å²) in [5.41, 5.74) is 1.22. The molecule has 0 atom stereocenters. The van der Waals surface area contributed by atoms with Gasteiger partial charge in [0, 0.05) is 19.3 Å². The lowest BCUT2D eigenvalue weighted by Gasteiger charge is -2.17. The molecule has 0 aliphatic heterocycles. The van der Waals surface area contributed by atoms with Gasteiger partial charge in [0.2, 0.25) is 0 Å². The van der Waals surface area contributed by atoms with Gasteiger partial charge < -0.3 is 4.90 Å². The van der Waals surface area contributed by atoms with E-state index in [1.807, 2.05) is 13.8 Å². The first-order valence-corrected chi connectivity index (χ1v) is 4.11. The van der Waals surface area contributed by atoms with E-state index >= 15 is 0 Å². The fraction of sp³-hybridized carbons (Fsp3) is 0.778. The summed E-state index contributed by atoms with van der Waals surface area (Å²) in [6.45, 7) is 13.2. The van der Waals surface area contributed by atoms with E-state index < -0.39 is 0 Å². The van der Waals surface area contributed by atoms with Gasteiger partial charge in [0.1, 0.15) is 0 Å². The molecule has 0 saturated carbocycles. The molecule has 0 heterocycles. The smallest absolute Gasteiger partial charge is 0.0143 e. The van der Waals surface area contributed by atoms with Crippen molar-refractivity contribution in [2.45, 2.75) is 34.1 Å². The van der Waals surface area contributed by atoms with Crippen LogP contribution in [0, 0.1) is 0 Å². The number of hydrogen-bond acceptors (Lipinski definition) is 1. The SMILES string of the molecule is C=C(CC)N(C)CC.CC. The number of allylic oxidation sites excluding steroid dienone is 1. The maximum absolute atomic E-state index is 3.87. The van der Waals surface area contributed by atoms with Gasteiger partial charge >= 0.3 is 0 Å². The van der Waals surface area contributed by atoms with E-state index in [1.165, 1.54) is 5.70 Å². The summed E-state index contributed by atoms with van der Waals surface area (Å²) in [7, 11) is 2.06. The van der Waals surface area contributed by atoms with Crippen molar-refractivity contribution in [1.29, 1.82) is 0 Å². The highest BCUT2D eigenvalue weighted by Gasteiger charge is 1.92. The Labute approximate surface area is 65.7 Å². The molecule has 0 aromatic heterocycles. The van der Waals surface area contributed by atoms with Crippen molar-refractivity contribution in [1.82, 2.24) is 4.90 Å². The molecular weight excluding hydrogens is 122 g/mol. The predicted octanol–water partition coefficient (Wildman–Crippen LogP) is 2.89. The first-order chi connectivity index (χ1) is 4.72. The monoisotopic (exact) mass is 143 g/mol. The van der Waals surface area contributed by atoms with Crippen molar-refractivity contribution in [2.24, 2.45) is 0 Å². The summed E-state index contributed by atoms with van der Waals surface area (Å²) >= 11 is 0. The van der Waals surface area contributed by atoms with E-state index in [-0.39, 0.29) is 0 Å². The van der Waals surface area contributed by atoms with Gasteiger partial charge in [-0.05, 0) is 13.3 Å². The minimum absolute atomic E-state index is 1.06. The lowest BCUT2D eigenvalue weighted by atomic mass is 10.3. The average Bonchev–Trinajstić information content (AvgIpc) is 2.05. The molecule has 0 aromatic carbocycles. The van der Waals surface area contributed by atoms with Crippen molar-refractivity contribution in [3.05, 3.63) is 12.3 Å². The third kappa shape index (κ3) is 5.67. The maximum Gasteiger partial charge on any atom is 0.0143 e. The van der Waals surface area contributed by atoms with Crippen LogP contribution in [-0.2, 0) is 0 Å². The van der Waals surface area contributed by atoms with Crippen LogP contribution in [0.15, 0.2) is 12.3 Å². The second kappa shape index (κ2) is 8.54. The van der Waals surface area contributed by atoms with E-state index in [0.29, 0.717) is 0 Å². The highest BCUT2D eigenvalue weighted by Crippen LogP contribution is 2.00. The molecule has 0 rings (SSSR count). The number of rotatable bonds is 3. The van der Waals surface area contributed by atoms with Crippen molar-refractivity contribution >= 4 is 0 Å². The minimum atomic E-state index is 1.06. The zero-order chi connectivity index (χ0) is 8.57. The largest absolute Gasteiger partial charge is 0.379 e. The molecular formula is C9H21N. The van der Waals surface area contributed by atoms with Crippen LogP contribution in [0.5, 0.6) is 0 Å². The summed E-state index contributed by atoms with van der Waals surface area (Å²) in [6.07, 6.45) is 1.06. The van der Waals surface area contributed by atoms with Gasteiger partial charge in [-0.1, -0.05) is 27.4 Å². The Kier molecular flexibility index (Phi) is 10.5. The molecule has 0 amide bonds. The van der Waals surface area contributed by atoms with Crippen LogP contribution in [0.4, 0.5) is 0 Å². The molecule has 0 N–H and O–H groups in total. The van der Waals surface area contributed by atoms with Crippen LogP contribution in [0.1, 0.15) is 34.1 Å². The molecule has 62 valence electrons. The van der Waals surface area contributed by atoms with Crippen LogP contribution in [0.25, 0.3) is 0 Å². The van der Waals surface area contributed by atoms with Crippen molar-refractivity contribution < 1.29 is 0 Å². The molecule has 0 spiro atoms. The van der Waals surface area contributed by atoms with Crippen LogP contribution in [0.3, 0.4) is 0 Å². The Hall–Kier alpha value is -0.460. The van der Waals surface area contributed by atoms with Crippen molar-refractivity contribution in [2.75, 3.05) is 13.6 Å². The van der Waals surface area contributed by atoms with Gasteiger partial charge in [-0.15, -0.1) is 0 Å². The highest BCUT2D eigenvalue weighted by atomic mass is 15.1. The molecule has 0 unspecified atom stereocenters. The van der Waals surface area contributed by atoms with Crippen molar-refractivity contribution in [3.63, 3.8) is 0 Å². The topological polar surface area (TPSA) is 3.24 Å². The second-order valence-electron chi connectivity index (χ2n) is 1.93. The summed E-state index contributed by atoms with van der Waals surface area (Å²) in [4.78, 5) is 2.15. The first kappa shape index (κ1) is 12.2. The standard InChI is InChI=1S/C7H15N.C2H6/c1-5-7(3)8(4)6-2;1-2/h3,5-6H2,1-2,4H3;1-2H3. The normalized spacial score (nSPS) is 7.70. The van der Waals surface area contributed by atoms with Gasteiger partial charge in [0.05, 0.1) is 0 Å². The van der Waals surface area contributed by atoms with Crippen LogP contribution in [-0.4, -0.2) is 18.5 Å². The summed E-state index contributed by atoms with van der Waals surface area (Å²) in [6, 6.07) is 0. The molecule has 1 nitrogen and oxygen atoms in total. The van der Waals surface area contributed by atoms with Crippen LogP contribution >= 0.6 is 0 Å². The zero-order valence-electron chi connectivity index (χ0n) is 8.07. The molecule has 0 aliphatic carbocycles. The lowest BCUT2D eigenvalue weighted by Crippen LogP contribution is -2.14. The van der Waals surface area contributed by atoms with Gasteiger partial charge in [0.25, 0.3) is 0 Å². The molecule has 0 aliphatic rings. The van der Waals surface area contributed by atoms with E-state index in [4.69, 9.17) is 0 Å². The summed E-state index contributed by atoms with van der Waals surface area (Å²) < 4.78 is 0. The van der Waals surface area contributed by atoms with E-state index in [2.05, 4.69) is 32.4 Å². The van der Waals surface area contributed by atoms with E-state index in [9.17, 15) is 0 Å². The Morgan fingerprint density at radius 1 is 1.30 bits per heavy atom. The van der Waals surface area contributed by atoms with Gasteiger partial charge in [-0.3, -0.25) is 0 Å². The zero-order valence-corrected chi connectivity index (χ0v) is 8.07. The second-order valence-corrected chi connectivity index (χ2v) is 1.93. The molecule has 10 heavy (non-hydrogen) atoms. The Balaban J connectivity index is 0. The minimum Gasteiger partial charge on any atom is -0.379 e. The van der Waals surface area contributed by atoms with Gasteiger partial charge in [-0.2, -0.15) is 0 Å². The Bertz CT molecular complexity index is 76.8. The average molecular weight is 143 g/mol. The fourth-order valence-electron chi connectivity index (χ4n) is 0.494. The number of nitrogens with zero attached hydrogens (tertiary/aromatic N) is 1. The molecule has 0 fully saturated rings. The van der Waals surface area contributed by atoms with Gasteiger partial charge in [0.15, 0.2) is 0 Å². The van der Waals surface area contributed by atoms with E-state index in [0.717, 1.165) is 13.0 Å². The maximum atomic E-state index is 3.87. The fourth-order valence-corrected chi connectivity index (χ4v) is 0.494. The summed E-state index contributed by atoms with van der Waals surface area (Å²) in [5.74, 6) is 0. The molecule has 0 bridgehead atoms. The Morgan fingerprint density at radius 3 is 1.80 bits per heavy atom. The van der Waals surface area contributed by atoms with E-state index in [1.54, 1.807) is 0 Å². The summed E-state index contributed by atoms with van der Waals surface area (Å²) in [5, 5.41) is 0. The molecule has 0 radical (unpaired) electrons. The first-order valence-electron chi connectivity index (χ1n) is 4.11. The highest BCUT2D eigenvalue weighted by molar-refractivity contribution is 4.89. The van der Waals surface area contributed by atoms with Crippen LogP contribution < -0.4 is 0 Å². The predicted molar refractivity (Wildman–Crippen MR) is 49.1 cm³/mol. The molecule has 0 saturated heterocycles. The molecule has 0 aromatic rings. The Morgan fingerprint density at radius 2 is 1.70 bits per heavy atom. The quantitative estimate of drug-likeness (QED) is 0.587. The third-order valence-electron chi connectivity index (χ3n) is 1.42. The van der Waals surface area contributed by atoms with Crippen LogP contribution in [0.2, 0.25) is 0 Å².